The second-order valence-corrected chi connectivity index (χ2v) is 4.78. The minimum Gasteiger partial charge on any atom is -0.508 e. The molecule has 0 fully saturated rings. The zero-order valence-electron chi connectivity index (χ0n) is 11.5. The SMILES string of the molecule is CCCNC(Cc1ccc(O)cc1)c1ccc(F)cn1. The number of nitrogens with zero attached hydrogens (tertiary/aromatic N) is 1. The molecule has 0 amide bonds. The molecule has 0 radical (unpaired) electrons. The number of pyridine rings is 1. The van der Waals surface area contributed by atoms with Gasteiger partial charge in [0.1, 0.15) is 11.6 Å². The number of phenolic OH excluding ortho intramolecular Hbond substituents is 1. The molecule has 2 aromatic rings. The van der Waals surface area contributed by atoms with Crippen LogP contribution in [0.2, 0.25) is 0 Å². The van der Waals surface area contributed by atoms with E-state index in [0.717, 1.165) is 30.6 Å². The van der Waals surface area contributed by atoms with Gasteiger partial charge in [-0.05, 0) is 49.2 Å². The maximum atomic E-state index is 13.0. The van der Waals surface area contributed by atoms with E-state index in [4.69, 9.17) is 0 Å². The summed E-state index contributed by atoms with van der Waals surface area (Å²) in [6.07, 6.45) is 3.01. The Morgan fingerprint density at radius 2 is 1.95 bits per heavy atom. The fourth-order valence-electron chi connectivity index (χ4n) is 2.06. The van der Waals surface area contributed by atoms with Crippen LogP contribution >= 0.6 is 0 Å². The quantitative estimate of drug-likeness (QED) is 0.850. The van der Waals surface area contributed by atoms with Crippen LogP contribution in [0.25, 0.3) is 0 Å². The molecule has 2 rings (SSSR count). The van der Waals surface area contributed by atoms with Gasteiger partial charge in [-0.15, -0.1) is 0 Å². The summed E-state index contributed by atoms with van der Waals surface area (Å²) in [5.74, 6) is -0.0700. The molecule has 3 nitrogen and oxygen atoms in total. The molecule has 4 heteroatoms. The van der Waals surface area contributed by atoms with Crippen molar-refractivity contribution in [2.24, 2.45) is 0 Å². The molecular weight excluding hydrogens is 255 g/mol. The lowest BCUT2D eigenvalue weighted by Crippen LogP contribution is -2.25. The van der Waals surface area contributed by atoms with E-state index in [1.807, 2.05) is 12.1 Å². The van der Waals surface area contributed by atoms with Crippen LogP contribution in [0.4, 0.5) is 4.39 Å². The highest BCUT2D eigenvalue weighted by Crippen LogP contribution is 2.19. The Bertz CT molecular complexity index is 525. The Morgan fingerprint density at radius 3 is 2.55 bits per heavy atom. The van der Waals surface area contributed by atoms with Gasteiger partial charge in [-0.25, -0.2) is 4.39 Å². The van der Waals surface area contributed by atoms with Crippen molar-refractivity contribution < 1.29 is 9.50 Å². The number of rotatable bonds is 6. The fraction of sp³-hybridized carbons (Fsp3) is 0.312. The average molecular weight is 274 g/mol. The van der Waals surface area contributed by atoms with Crippen molar-refractivity contribution in [2.45, 2.75) is 25.8 Å². The number of hydrogen-bond acceptors (Lipinski definition) is 3. The topological polar surface area (TPSA) is 45.1 Å². The summed E-state index contributed by atoms with van der Waals surface area (Å²) in [7, 11) is 0. The second-order valence-electron chi connectivity index (χ2n) is 4.78. The van der Waals surface area contributed by atoms with Gasteiger partial charge < -0.3 is 10.4 Å². The summed E-state index contributed by atoms with van der Waals surface area (Å²) in [6, 6.07) is 10.3. The van der Waals surface area contributed by atoms with Crippen LogP contribution in [0.1, 0.15) is 30.6 Å². The van der Waals surface area contributed by atoms with E-state index in [2.05, 4.69) is 17.2 Å². The Labute approximate surface area is 118 Å². The van der Waals surface area contributed by atoms with Crippen molar-refractivity contribution >= 4 is 0 Å². The van der Waals surface area contributed by atoms with Crippen LogP contribution in [-0.4, -0.2) is 16.6 Å². The second kappa shape index (κ2) is 7.01. The van der Waals surface area contributed by atoms with Crippen molar-refractivity contribution in [2.75, 3.05) is 6.54 Å². The highest BCUT2D eigenvalue weighted by Gasteiger charge is 2.13. The van der Waals surface area contributed by atoms with Gasteiger partial charge in [-0.1, -0.05) is 19.1 Å². The summed E-state index contributed by atoms with van der Waals surface area (Å²) in [5, 5.41) is 12.7. The Hall–Kier alpha value is -1.94. The first-order valence-corrected chi connectivity index (χ1v) is 6.81. The van der Waals surface area contributed by atoms with E-state index >= 15 is 0 Å². The van der Waals surface area contributed by atoms with Gasteiger partial charge in [0.05, 0.1) is 17.9 Å². The number of aromatic nitrogens is 1. The molecular formula is C16H19FN2O. The molecule has 0 aliphatic heterocycles. The minimum absolute atomic E-state index is 0.0418. The Balaban J connectivity index is 2.14. The molecule has 1 aromatic heterocycles. The van der Waals surface area contributed by atoms with Gasteiger partial charge in [0, 0.05) is 0 Å². The van der Waals surface area contributed by atoms with E-state index in [-0.39, 0.29) is 17.6 Å². The first-order valence-electron chi connectivity index (χ1n) is 6.81. The monoisotopic (exact) mass is 274 g/mol. The highest BCUT2D eigenvalue weighted by atomic mass is 19.1. The molecule has 106 valence electrons. The standard InChI is InChI=1S/C16H19FN2O/c1-2-9-18-16(15-8-5-13(17)11-19-15)10-12-3-6-14(20)7-4-12/h3-8,11,16,18,20H,2,9-10H2,1H3. The van der Waals surface area contributed by atoms with E-state index in [0.29, 0.717) is 0 Å². The average Bonchev–Trinajstić information content (AvgIpc) is 2.46. The molecule has 0 aliphatic carbocycles. The van der Waals surface area contributed by atoms with Crippen LogP contribution in [-0.2, 0) is 6.42 Å². The number of halogens is 1. The van der Waals surface area contributed by atoms with E-state index in [9.17, 15) is 9.50 Å². The van der Waals surface area contributed by atoms with Crippen molar-refractivity contribution in [1.29, 1.82) is 0 Å². The lowest BCUT2D eigenvalue weighted by molar-refractivity contribution is 0.474. The van der Waals surface area contributed by atoms with Crippen LogP contribution in [0, 0.1) is 5.82 Å². The fourth-order valence-corrected chi connectivity index (χ4v) is 2.06. The van der Waals surface area contributed by atoms with Gasteiger partial charge >= 0.3 is 0 Å². The minimum atomic E-state index is -0.326. The third-order valence-electron chi connectivity index (χ3n) is 3.12. The Morgan fingerprint density at radius 1 is 1.20 bits per heavy atom. The number of hydrogen-bond donors (Lipinski definition) is 2. The maximum absolute atomic E-state index is 13.0. The predicted molar refractivity (Wildman–Crippen MR) is 77.0 cm³/mol. The smallest absolute Gasteiger partial charge is 0.141 e. The van der Waals surface area contributed by atoms with Crippen molar-refractivity contribution in [3.05, 3.63) is 59.7 Å². The van der Waals surface area contributed by atoms with Crippen molar-refractivity contribution in [3.8, 4) is 5.75 Å². The molecule has 1 atom stereocenters. The third-order valence-corrected chi connectivity index (χ3v) is 3.12. The third kappa shape index (κ3) is 4.03. The predicted octanol–water partition coefficient (Wildman–Crippen LogP) is 3.21. The van der Waals surface area contributed by atoms with Crippen LogP contribution in [0.3, 0.4) is 0 Å². The summed E-state index contributed by atoms with van der Waals surface area (Å²) in [6.45, 7) is 2.98. The maximum Gasteiger partial charge on any atom is 0.141 e. The zero-order chi connectivity index (χ0) is 14.4. The summed E-state index contributed by atoms with van der Waals surface area (Å²) >= 11 is 0. The lowest BCUT2D eigenvalue weighted by atomic mass is 10.0. The van der Waals surface area contributed by atoms with Gasteiger partial charge in [-0.3, -0.25) is 4.98 Å². The number of benzene rings is 1. The normalized spacial score (nSPS) is 12.3. The van der Waals surface area contributed by atoms with Crippen LogP contribution in [0.15, 0.2) is 42.6 Å². The molecule has 20 heavy (non-hydrogen) atoms. The highest BCUT2D eigenvalue weighted by molar-refractivity contribution is 5.27. The summed E-state index contributed by atoms with van der Waals surface area (Å²) in [5.41, 5.74) is 1.93. The number of phenols is 1. The molecule has 1 unspecified atom stereocenters. The van der Waals surface area contributed by atoms with Gasteiger partial charge in [0.2, 0.25) is 0 Å². The Kier molecular flexibility index (Phi) is 5.07. The van der Waals surface area contributed by atoms with E-state index in [1.165, 1.54) is 12.3 Å². The first kappa shape index (κ1) is 14.5. The molecule has 0 bridgehead atoms. The van der Waals surface area contributed by atoms with Crippen LogP contribution in [0.5, 0.6) is 5.75 Å². The first-order chi connectivity index (χ1) is 9.69. The van der Waals surface area contributed by atoms with Crippen molar-refractivity contribution in [1.82, 2.24) is 10.3 Å². The lowest BCUT2D eigenvalue weighted by Gasteiger charge is -2.18. The van der Waals surface area contributed by atoms with Gasteiger partial charge in [0.15, 0.2) is 0 Å². The number of nitrogens with one attached hydrogen (secondary N) is 1. The zero-order valence-corrected chi connectivity index (χ0v) is 11.5. The van der Waals surface area contributed by atoms with E-state index in [1.54, 1.807) is 18.2 Å². The van der Waals surface area contributed by atoms with Gasteiger partial charge in [-0.2, -0.15) is 0 Å². The largest absolute Gasteiger partial charge is 0.508 e. The summed E-state index contributed by atoms with van der Waals surface area (Å²) in [4.78, 5) is 4.16. The molecule has 0 saturated carbocycles. The van der Waals surface area contributed by atoms with E-state index < -0.39 is 0 Å². The molecule has 0 spiro atoms. The molecule has 1 aromatic carbocycles. The molecule has 1 heterocycles. The number of aromatic hydroxyl groups is 1. The van der Waals surface area contributed by atoms with Crippen LogP contribution < -0.4 is 5.32 Å². The molecule has 0 aliphatic rings. The van der Waals surface area contributed by atoms with Gasteiger partial charge in [0.25, 0.3) is 0 Å². The molecule has 2 N–H and O–H groups in total. The van der Waals surface area contributed by atoms with Crippen molar-refractivity contribution in [3.63, 3.8) is 0 Å². The molecule has 0 saturated heterocycles. The summed E-state index contributed by atoms with van der Waals surface area (Å²) < 4.78 is 13.0.